The Morgan fingerprint density at radius 2 is 1.21 bits per heavy atom. The Hall–Kier alpha value is -0.830. The molecule has 0 rings (SSSR count). The molecule has 0 aromatic carbocycles. The van der Waals surface area contributed by atoms with Gasteiger partial charge in [0.1, 0.15) is 0 Å². The zero-order valence-corrected chi connectivity index (χ0v) is 16.6. The standard InChI is InChI=1S/C21H41NO.H3N/c1-3-5-6-7-8-9-10-11-12-13-14-15-16-17-18-19-21(23)22-20-4-2;/h11-12H,3-10,13-20H2,1-2H3,(H,22,23);1H3. The Morgan fingerprint density at radius 1 is 0.708 bits per heavy atom. The molecule has 0 radical (unpaired) electrons. The summed E-state index contributed by atoms with van der Waals surface area (Å²) in [5, 5.41) is 2.93. The first-order valence-corrected chi connectivity index (χ1v) is 10.2. The highest BCUT2D eigenvalue weighted by atomic mass is 16.1. The number of allylic oxidation sites excluding steroid dienone is 2. The van der Waals surface area contributed by atoms with Gasteiger partial charge in [0.05, 0.1) is 0 Å². The van der Waals surface area contributed by atoms with Crippen LogP contribution in [0.15, 0.2) is 12.2 Å². The Balaban J connectivity index is 0. The molecule has 1 amide bonds. The van der Waals surface area contributed by atoms with Crippen LogP contribution in [0.1, 0.15) is 110 Å². The number of rotatable bonds is 17. The highest BCUT2D eigenvalue weighted by Crippen LogP contribution is 2.09. The van der Waals surface area contributed by atoms with E-state index >= 15 is 0 Å². The molecule has 0 aliphatic rings. The van der Waals surface area contributed by atoms with Crippen LogP contribution in [-0.4, -0.2) is 12.5 Å². The number of nitrogens with one attached hydrogen (secondary N) is 1. The summed E-state index contributed by atoms with van der Waals surface area (Å²) >= 11 is 0. The fourth-order valence-corrected chi connectivity index (χ4v) is 2.71. The van der Waals surface area contributed by atoms with Crippen LogP contribution in [0.3, 0.4) is 0 Å². The third-order valence-corrected chi connectivity index (χ3v) is 4.24. The number of hydrogen-bond acceptors (Lipinski definition) is 2. The third kappa shape index (κ3) is 21.2. The Bertz CT molecular complexity index is 277. The van der Waals surface area contributed by atoms with Crippen LogP contribution in [0, 0.1) is 0 Å². The summed E-state index contributed by atoms with van der Waals surface area (Å²) in [6, 6.07) is 0. The Kier molecular flexibility index (Phi) is 23.5. The summed E-state index contributed by atoms with van der Waals surface area (Å²) in [4.78, 5) is 11.4. The summed E-state index contributed by atoms with van der Waals surface area (Å²) in [7, 11) is 0. The number of carbonyl (C=O) groups excluding carboxylic acids is 1. The van der Waals surface area contributed by atoms with Crippen molar-refractivity contribution in [3.8, 4) is 0 Å². The van der Waals surface area contributed by atoms with Crippen molar-refractivity contribution in [1.82, 2.24) is 11.5 Å². The molecule has 0 aromatic rings. The van der Waals surface area contributed by atoms with Crippen molar-refractivity contribution in [3.05, 3.63) is 12.2 Å². The molecule has 0 unspecified atom stereocenters. The number of amides is 1. The minimum atomic E-state index is 0. The van der Waals surface area contributed by atoms with Crippen LogP contribution in [0.5, 0.6) is 0 Å². The third-order valence-electron chi connectivity index (χ3n) is 4.24. The van der Waals surface area contributed by atoms with Crippen molar-refractivity contribution in [3.63, 3.8) is 0 Å². The number of unbranched alkanes of at least 4 members (excludes halogenated alkanes) is 11. The molecule has 0 aliphatic carbocycles. The predicted octanol–water partition coefficient (Wildman–Crippen LogP) is 6.71. The molecule has 4 N–H and O–H groups in total. The Labute approximate surface area is 151 Å². The summed E-state index contributed by atoms with van der Waals surface area (Å²) < 4.78 is 0. The van der Waals surface area contributed by atoms with Gasteiger partial charge in [-0.15, -0.1) is 0 Å². The predicted molar refractivity (Wildman–Crippen MR) is 108 cm³/mol. The van der Waals surface area contributed by atoms with Crippen LogP contribution in [-0.2, 0) is 4.79 Å². The van der Waals surface area contributed by atoms with Crippen molar-refractivity contribution >= 4 is 5.91 Å². The fourth-order valence-electron chi connectivity index (χ4n) is 2.71. The van der Waals surface area contributed by atoms with Crippen molar-refractivity contribution in [1.29, 1.82) is 0 Å². The maximum Gasteiger partial charge on any atom is 0.219 e. The van der Waals surface area contributed by atoms with Crippen molar-refractivity contribution in [2.45, 2.75) is 110 Å². The topological polar surface area (TPSA) is 64.1 Å². The smallest absolute Gasteiger partial charge is 0.219 e. The minimum Gasteiger partial charge on any atom is -0.356 e. The lowest BCUT2D eigenvalue weighted by Gasteiger charge is -2.03. The van der Waals surface area contributed by atoms with Crippen molar-refractivity contribution < 1.29 is 4.79 Å². The SMILES string of the molecule is CCCCCCCCC=CCCCCCCCC(=O)NCCC.N. The van der Waals surface area contributed by atoms with Crippen LogP contribution in [0.25, 0.3) is 0 Å². The maximum atomic E-state index is 11.4. The molecule has 3 heteroatoms. The van der Waals surface area contributed by atoms with E-state index in [0.717, 1.165) is 19.4 Å². The van der Waals surface area contributed by atoms with Gasteiger partial charge < -0.3 is 11.5 Å². The molecule has 144 valence electrons. The van der Waals surface area contributed by atoms with E-state index in [0.29, 0.717) is 6.42 Å². The normalized spacial score (nSPS) is 10.8. The molecular formula is C21H44N2O. The van der Waals surface area contributed by atoms with E-state index < -0.39 is 0 Å². The zero-order valence-electron chi connectivity index (χ0n) is 16.6. The average Bonchev–Trinajstić information content (AvgIpc) is 2.56. The van der Waals surface area contributed by atoms with Crippen LogP contribution in [0.4, 0.5) is 0 Å². The second-order valence-electron chi connectivity index (χ2n) is 6.68. The highest BCUT2D eigenvalue weighted by molar-refractivity contribution is 5.75. The molecular weight excluding hydrogens is 296 g/mol. The minimum absolute atomic E-state index is 0. The fraction of sp³-hybridized carbons (Fsp3) is 0.857. The van der Waals surface area contributed by atoms with Gasteiger partial charge in [-0.1, -0.05) is 77.4 Å². The van der Waals surface area contributed by atoms with Gasteiger partial charge in [0.25, 0.3) is 0 Å². The van der Waals surface area contributed by atoms with E-state index in [1.165, 1.54) is 77.0 Å². The molecule has 0 heterocycles. The van der Waals surface area contributed by atoms with E-state index in [2.05, 4.69) is 31.3 Å². The molecule has 0 spiro atoms. The van der Waals surface area contributed by atoms with Crippen molar-refractivity contribution in [2.75, 3.05) is 6.54 Å². The summed E-state index contributed by atoms with van der Waals surface area (Å²) in [6.07, 6.45) is 23.4. The lowest BCUT2D eigenvalue weighted by atomic mass is 10.1. The molecule has 24 heavy (non-hydrogen) atoms. The van der Waals surface area contributed by atoms with Crippen LogP contribution < -0.4 is 11.5 Å². The second kappa shape index (κ2) is 22.2. The van der Waals surface area contributed by atoms with Gasteiger partial charge in [-0.05, 0) is 38.5 Å². The van der Waals surface area contributed by atoms with Gasteiger partial charge in [0.15, 0.2) is 0 Å². The van der Waals surface area contributed by atoms with E-state index in [-0.39, 0.29) is 12.1 Å². The van der Waals surface area contributed by atoms with Gasteiger partial charge in [0, 0.05) is 13.0 Å². The highest BCUT2D eigenvalue weighted by Gasteiger charge is 1.99. The number of hydrogen-bond donors (Lipinski definition) is 2. The van der Waals surface area contributed by atoms with Crippen molar-refractivity contribution in [2.24, 2.45) is 0 Å². The lowest BCUT2D eigenvalue weighted by Crippen LogP contribution is -2.23. The summed E-state index contributed by atoms with van der Waals surface area (Å²) in [5.41, 5.74) is 0. The molecule has 0 fully saturated rings. The largest absolute Gasteiger partial charge is 0.356 e. The molecule has 0 saturated heterocycles. The summed E-state index contributed by atoms with van der Waals surface area (Å²) in [6.45, 7) is 5.18. The molecule has 3 nitrogen and oxygen atoms in total. The first-order valence-electron chi connectivity index (χ1n) is 10.2. The van der Waals surface area contributed by atoms with Gasteiger partial charge in [-0.3, -0.25) is 4.79 Å². The molecule has 0 saturated carbocycles. The monoisotopic (exact) mass is 340 g/mol. The number of carbonyl (C=O) groups is 1. The first-order chi connectivity index (χ1) is 11.3. The molecule has 0 aromatic heterocycles. The molecule has 0 bridgehead atoms. The zero-order chi connectivity index (χ0) is 17.0. The lowest BCUT2D eigenvalue weighted by molar-refractivity contribution is -0.121. The molecule has 0 aliphatic heterocycles. The molecule has 0 atom stereocenters. The second-order valence-corrected chi connectivity index (χ2v) is 6.68. The van der Waals surface area contributed by atoms with E-state index in [4.69, 9.17) is 0 Å². The van der Waals surface area contributed by atoms with Gasteiger partial charge in [0.2, 0.25) is 5.91 Å². The van der Waals surface area contributed by atoms with Crippen LogP contribution in [0.2, 0.25) is 0 Å². The van der Waals surface area contributed by atoms with Gasteiger partial charge in [-0.25, -0.2) is 0 Å². The quantitative estimate of drug-likeness (QED) is 0.228. The van der Waals surface area contributed by atoms with E-state index in [9.17, 15) is 4.79 Å². The maximum absolute atomic E-state index is 11.4. The van der Waals surface area contributed by atoms with Gasteiger partial charge >= 0.3 is 0 Å². The first kappa shape index (κ1) is 25.4. The average molecular weight is 341 g/mol. The van der Waals surface area contributed by atoms with E-state index in [1.54, 1.807) is 0 Å². The van der Waals surface area contributed by atoms with E-state index in [1.807, 2.05) is 0 Å². The Morgan fingerprint density at radius 3 is 1.75 bits per heavy atom. The summed E-state index contributed by atoms with van der Waals surface area (Å²) in [5.74, 6) is 0.226. The van der Waals surface area contributed by atoms with Gasteiger partial charge in [-0.2, -0.15) is 0 Å². The van der Waals surface area contributed by atoms with Crippen LogP contribution >= 0.6 is 0 Å².